The number of hydrogen-bond donors (Lipinski definition) is 2. The van der Waals surface area contributed by atoms with Crippen molar-refractivity contribution in [1.82, 2.24) is 9.78 Å². The van der Waals surface area contributed by atoms with Crippen molar-refractivity contribution < 1.29 is 18.3 Å². The second kappa shape index (κ2) is 6.21. The van der Waals surface area contributed by atoms with E-state index in [1.54, 1.807) is 32.9 Å². The van der Waals surface area contributed by atoms with Gasteiger partial charge < -0.3 is 5.11 Å². The molecule has 0 spiro atoms. The molecule has 1 aromatic carbocycles. The van der Waals surface area contributed by atoms with Crippen LogP contribution in [-0.2, 0) is 21.4 Å². The molecule has 0 saturated heterocycles. The van der Waals surface area contributed by atoms with Crippen LogP contribution in [0.5, 0.6) is 0 Å². The lowest BCUT2D eigenvalue weighted by atomic mass is 10.2. The summed E-state index contributed by atoms with van der Waals surface area (Å²) < 4.78 is 28.9. The number of carboxylic acid groups (broad SMARTS) is 1. The number of hydrogen-bond acceptors (Lipinski definition) is 4. The summed E-state index contributed by atoms with van der Waals surface area (Å²) in [6, 6.07) is 4.81. The number of nitrogens with one attached hydrogen (secondary N) is 1. The van der Waals surface area contributed by atoms with E-state index in [4.69, 9.17) is 16.7 Å². The number of sulfonamides is 1. The smallest absolute Gasteiger partial charge is 0.325 e. The molecule has 9 heteroatoms. The third-order valence-electron chi connectivity index (χ3n) is 3.34. The van der Waals surface area contributed by atoms with Gasteiger partial charge in [-0.15, -0.1) is 0 Å². The van der Waals surface area contributed by atoms with Crippen LogP contribution in [0.1, 0.15) is 17.0 Å². The molecule has 2 aromatic rings. The highest BCUT2D eigenvalue weighted by Crippen LogP contribution is 2.29. The molecule has 0 amide bonds. The first-order chi connectivity index (χ1) is 10.6. The summed E-state index contributed by atoms with van der Waals surface area (Å²) >= 11 is 6.02. The predicted octanol–water partition coefficient (Wildman–Crippen LogP) is 2.35. The van der Waals surface area contributed by atoms with Gasteiger partial charge >= 0.3 is 5.97 Å². The van der Waals surface area contributed by atoms with Crippen LogP contribution >= 0.6 is 11.6 Å². The van der Waals surface area contributed by atoms with Gasteiger partial charge in [0.25, 0.3) is 10.0 Å². The van der Waals surface area contributed by atoms with Gasteiger partial charge in [0, 0.05) is 0 Å². The lowest BCUT2D eigenvalue weighted by molar-refractivity contribution is -0.137. The molecule has 0 atom stereocenters. The zero-order valence-corrected chi connectivity index (χ0v) is 14.4. The highest BCUT2D eigenvalue weighted by atomic mass is 35.5. The third kappa shape index (κ3) is 3.48. The van der Waals surface area contributed by atoms with Gasteiger partial charge in [-0.05, 0) is 32.4 Å². The molecule has 0 saturated carbocycles. The first-order valence-corrected chi connectivity index (χ1v) is 8.53. The Morgan fingerprint density at radius 1 is 1.35 bits per heavy atom. The minimum absolute atomic E-state index is 0.00792. The second-order valence-electron chi connectivity index (χ2n) is 5.09. The van der Waals surface area contributed by atoms with Crippen molar-refractivity contribution in [3.63, 3.8) is 0 Å². The van der Waals surface area contributed by atoms with Crippen molar-refractivity contribution in [2.24, 2.45) is 0 Å². The summed E-state index contributed by atoms with van der Waals surface area (Å²) in [5.74, 6) is -1.06. The van der Waals surface area contributed by atoms with Gasteiger partial charge in [-0.2, -0.15) is 5.10 Å². The topological polar surface area (TPSA) is 101 Å². The number of nitrogens with zero attached hydrogens (tertiary/aromatic N) is 2. The Morgan fingerprint density at radius 3 is 2.57 bits per heavy atom. The van der Waals surface area contributed by atoms with Crippen LogP contribution in [0.25, 0.3) is 0 Å². The molecule has 1 heterocycles. The number of aliphatic carboxylic acids is 1. The highest BCUT2D eigenvalue weighted by molar-refractivity contribution is 7.93. The minimum Gasteiger partial charge on any atom is -0.480 e. The van der Waals surface area contributed by atoms with Crippen molar-refractivity contribution in [3.05, 3.63) is 40.2 Å². The maximum atomic E-state index is 12.6. The molecular weight excluding hydrogens is 342 g/mol. The van der Waals surface area contributed by atoms with Crippen molar-refractivity contribution >= 4 is 33.3 Å². The summed E-state index contributed by atoms with van der Waals surface area (Å²) in [5, 5.41) is 13.0. The summed E-state index contributed by atoms with van der Waals surface area (Å²) in [6.45, 7) is 4.50. The van der Waals surface area contributed by atoms with E-state index in [9.17, 15) is 13.2 Å². The van der Waals surface area contributed by atoms with Gasteiger partial charge in [0.2, 0.25) is 0 Å². The van der Waals surface area contributed by atoms with Crippen molar-refractivity contribution in [2.45, 2.75) is 32.2 Å². The van der Waals surface area contributed by atoms with Gasteiger partial charge in [0.1, 0.15) is 11.4 Å². The van der Waals surface area contributed by atoms with E-state index < -0.39 is 16.0 Å². The summed E-state index contributed by atoms with van der Waals surface area (Å²) in [7, 11) is -3.92. The Hall–Kier alpha value is -2.06. The second-order valence-corrected chi connectivity index (χ2v) is 7.12. The zero-order valence-electron chi connectivity index (χ0n) is 12.8. The first kappa shape index (κ1) is 17.3. The van der Waals surface area contributed by atoms with Crippen LogP contribution in [0.4, 0.5) is 5.69 Å². The molecule has 0 bridgehead atoms. The molecule has 2 rings (SSSR count). The SMILES string of the molecule is Cc1cccc(Cl)c1S(=O)(=O)Nc1c(C)nn(CC(=O)O)c1C. The number of aryl methyl sites for hydroxylation is 2. The van der Waals surface area contributed by atoms with Crippen LogP contribution in [-0.4, -0.2) is 29.3 Å². The van der Waals surface area contributed by atoms with E-state index in [0.717, 1.165) is 0 Å². The minimum atomic E-state index is -3.92. The molecule has 2 N–H and O–H groups in total. The number of rotatable bonds is 5. The van der Waals surface area contributed by atoms with Crippen molar-refractivity contribution in [1.29, 1.82) is 0 Å². The molecular formula is C14H16ClN3O4S. The summed E-state index contributed by atoms with van der Waals surface area (Å²) in [5.41, 5.74) is 1.57. The Balaban J connectivity index is 2.46. The van der Waals surface area contributed by atoms with Crippen molar-refractivity contribution in [2.75, 3.05) is 4.72 Å². The van der Waals surface area contributed by atoms with Crippen LogP contribution < -0.4 is 4.72 Å². The molecule has 23 heavy (non-hydrogen) atoms. The quantitative estimate of drug-likeness (QED) is 0.855. The van der Waals surface area contributed by atoms with Crippen LogP contribution in [0.15, 0.2) is 23.1 Å². The van der Waals surface area contributed by atoms with Crippen LogP contribution in [0.3, 0.4) is 0 Å². The largest absolute Gasteiger partial charge is 0.480 e. The standard InChI is InChI=1S/C14H16ClN3O4S/c1-8-5-4-6-11(15)14(8)23(21,22)17-13-9(2)16-18(10(13)3)7-12(19)20/h4-6,17H,7H2,1-3H3,(H,19,20). The van der Waals surface area contributed by atoms with Gasteiger partial charge in [0.05, 0.1) is 22.1 Å². The van der Waals surface area contributed by atoms with E-state index >= 15 is 0 Å². The highest BCUT2D eigenvalue weighted by Gasteiger charge is 2.24. The number of carbonyl (C=O) groups is 1. The fourth-order valence-corrected chi connectivity index (χ4v) is 4.28. The molecule has 0 unspecified atom stereocenters. The lowest BCUT2D eigenvalue weighted by Gasteiger charge is -2.12. The number of benzene rings is 1. The molecule has 0 aliphatic rings. The maximum Gasteiger partial charge on any atom is 0.325 e. The zero-order chi connectivity index (χ0) is 17.4. The van der Waals surface area contributed by atoms with E-state index in [-0.39, 0.29) is 22.2 Å². The van der Waals surface area contributed by atoms with Gasteiger partial charge in [-0.25, -0.2) is 8.42 Å². The molecule has 0 aliphatic heterocycles. The van der Waals surface area contributed by atoms with E-state index in [1.807, 2.05) is 0 Å². The van der Waals surface area contributed by atoms with Crippen LogP contribution in [0.2, 0.25) is 5.02 Å². The summed E-state index contributed by atoms with van der Waals surface area (Å²) in [4.78, 5) is 10.8. The molecule has 124 valence electrons. The fraction of sp³-hybridized carbons (Fsp3) is 0.286. The summed E-state index contributed by atoms with van der Waals surface area (Å²) in [6.07, 6.45) is 0. The predicted molar refractivity (Wildman–Crippen MR) is 86.3 cm³/mol. The Morgan fingerprint density at radius 2 is 2.00 bits per heavy atom. The van der Waals surface area contributed by atoms with Gasteiger partial charge in [-0.1, -0.05) is 23.7 Å². The van der Waals surface area contributed by atoms with Gasteiger partial charge in [0.15, 0.2) is 0 Å². The molecule has 0 radical (unpaired) electrons. The molecule has 7 nitrogen and oxygen atoms in total. The lowest BCUT2D eigenvalue weighted by Crippen LogP contribution is -2.16. The normalized spacial score (nSPS) is 11.5. The third-order valence-corrected chi connectivity index (χ3v) is 5.31. The average molecular weight is 358 g/mol. The number of anilines is 1. The van der Waals surface area contributed by atoms with E-state index in [1.165, 1.54) is 10.7 Å². The number of carboxylic acids is 1. The van der Waals surface area contributed by atoms with Crippen LogP contribution in [0, 0.1) is 20.8 Å². The van der Waals surface area contributed by atoms with Crippen molar-refractivity contribution in [3.8, 4) is 0 Å². The maximum absolute atomic E-state index is 12.6. The monoisotopic (exact) mass is 357 g/mol. The first-order valence-electron chi connectivity index (χ1n) is 6.67. The number of halogens is 1. The van der Waals surface area contributed by atoms with E-state index in [2.05, 4.69) is 9.82 Å². The van der Waals surface area contributed by atoms with Gasteiger partial charge in [-0.3, -0.25) is 14.2 Å². The molecule has 1 aromatic heterocycles. The molecule has 0 aliphatic carbocycles. The Labute approximate surface area is 138 Å². The Bertz CT molecular complexity index is 854. The average Bonchev–Trinajstić information content (AvgIpc) is 2.65. The number of aromatic nitrogens is 2. The molecule has 0 fully saturated rings. The fourth-order valence-electron chi connectivity index (χ4n) is 2.27. The Kier molecular flexibility index (Phi) is 4.67. The van der Waals surface area contributed by atoms with E-state index in [0.29, 0.717) is 17.0 Å².